The number of alkyl carbamates (subject to hydrolysis) is 1. The first-order valence-corrected chi connectivity index (χ1v) is 16.7. The predicted molar refractivity (Wildman–Crippen MR) is 146 cm³/mol. The van der Waals surface area contributed by atoms with E-state index in [9.17, 15) is 18.4 Å². The molecule has 39 heavy (non-hydrogen) atoms. The highest BCUT2D eigenvalue weighted by Crippen LogP contribution is 2.36. The number of nitrogens with one attached hydrogen (secondary N) is 2. The molecule has 12 heteroatoms. The first-order chi connectivity index (χ1) is 18.5. The standard InChI is InChI=1S/C27H31ClF2N4O4Si/c1-39(2,3)13-12-37-16-34-18(10-11-31-34)15-38-27(36)33-24-9-6-19-20(5-8-23(30)25(19)24)26(35)32-17-4-7-22(29)21(28)14-17/h4-5,7-8,10-11,14,24H,6,9,12-13,15-16H2,1-3H3,(H,32,35)(H,33,36)/t24-/m0/s1. The quantitative estimate of drug-likeness (QED) is 0.218. The third kappa shape index (κ3) is 7.43. The summed E-state index contributed by atoms with van der Waals surface area (Å²) in [6, 6.07) is 8.52. The van der Waals surface area contributed by atoms with Crippen LogP contribution in [0.4, 0.5) is 19.3 Å². The molecule has 2 N–H and O–H groups in total. The largest absolute Gasteiger partial charge is 0.443 e. The summed E-state index contributed by atoms with van der Waals surface area (Å²) >= 11 is 5.80. The Morgan fingerprint density at radius 1 is 1.15 bits per heavy atom. The second-order valence-electron chi connectivity index (χ2n) is 10.6. The number of halogens is 3. The summed E-state index contributed by atoms with van der Waals surface area (Å²) in [5.74, 6) is -1.62. The molecule has 1 aliphatic carbocycles. The van der Waals surface area contributed by atoms with E-state index in [-0.39, 0.29) is 29.5 Å². The van der Waals surface area contributed by atoms with E-state index in [1.54, 1.807) is 16.9 Å². The maximum atomic E-state index is 14.8. The van der Waals surface area contributed by atoms with Crippen LogP contribution in [0, 0.1) is 11.6 Å². The molecule has 0 saturated carbocycles. The SMILES string of the molecule is C[Si](C)(C)CCOCn1nccc1COC(=O)N[C@H]1CCc2c(C(=O)Nc3ccc(F)c(Cl)c3)ccc(F)c21. The van der Waals surface area contributed by atoms with Gasteiger partial charge in [-0.3, -0.25) is 4.79 Å². The zero-order valence-corrected chi connectivity index (χ0v) is 23.8. The molecule has 1 aromatic heterocycles. The second kappa shape index (κ2) is 12.3. The molecule has 0 unspecified atom stereocenters. The molecule has 0 saturated heterocycles. The Hall–Kier alpha value is -3.28. The Bertz CT molecular complexity index is 1360. The molecule has 0 bridgehead atoms. The fourth-order valence-corrected chi connectivity index (χ4v) is 5.23. The number of ether oxygens (including phenoxy) is 2. The monoisotopic (exact) mass is 576 g/mol. The van der Waals surface area contributed by atoms with Crippen LogP contribution in [0.2, 0.25) is 30.7 Å². The number of amides is 2. The highest BCUT2D eigenvalue weighted by Gasteiger charge is 2.31. The molecule has 0 spiro atoms. The molecule has 1 atom stereocenters. The van der Waals surface area contributed by atoms with E-state index in [2.05, 4.69) is 35.4 Å². The van der Waals surface area contributed by atoms with E-state index >= 15 is 0 Å². The van der Waals surface area contributed by atoms with Gasteiger partial charge in [0.1, 0.15) is 25.0 Å². The van der Waals surface area contributed by atoms with Crippen molar-refractivity contribution in [1.82, 2.24) is 15.1 Å². The molecule has 8 nitrogen and oxygen atoms in total. The van der Waals surface area contributed by atoms with E-state index < -0.39 is 37.8 Å². The molecule has 4 rings (SSSR count). The molecule has 3 aromatic rings. The molecular formula is C27H31ClF2N4O4Si. The molecular weight excluding hydrogens is 546 g/mol. The summed E-state index contributed by atoms with van der Waals surface area (Å²) in [7, 11) is -1.20. The summed E-state index contributed by atoms with van der Waals surface area (Å²) in [5.41, 5.74) is 1.98. The van der Waals surface area contributed by atoms with Gasteiger partial charge < -0.3 is 20.1 Å². The zero-order chi connectivity index (χ0) is 28.2. The number of carbonyl (C=O) groups excluding carboxylic acids is 2. The van der Waals surface area contributed by atoms with Gasteiger partial charge >= 0.3 is 6.09 Å². The number of rotatable bonds is 10. The number of anilines is 1. The fourth-order valence-electron chi connectivity index (χ4n) is 4.30. The molecule has 208 valence electrons. The predicted octanol–water partition coefficient (Wildman–Crippen LogP) is 6.29. The van der Waals surface area contributed by atoms with Crippen LogP contribution in [0.3, 0.4) is 0 Å². The van der Waals surface area contributed by atoms with Gasteiger partial charge in [0.05, 0.1) is 16.8 Å². The lowest BCUT2D eigenvalue weighted by Gasteiger charge is -2.17. The van der Waals surface area contributed by atoms with E-state index in [1.165, 1.54) is 24.3 Å². The lowest BCUT2D eigenvalue weighted by atomic mass is 10.0. The van der Waals surface area contributed by atoms with Gasteiger partial charge in [0.2, 0.25) is 0 Å². The van der Waals surface area contributed by atoms with E-state index in [0.717, 1.165) is 12.1 Å². The maximum Gasteiger partial charge on any atom is 0.408 e. The van der Waals surface area contributed by atoms with Crippen LogP contribution < -0.4 is 10.6 Å². The highest BCUT2D eigenvalue weighted by molar-refractivity contribution is 6.76. The van der Waals surface area contributed by atoms with Crippen molar-refractivity contribution in [3.8, 4) is 0 Å². The smallest absolute Gasteiger partial charge is 0.408 e. The maximum absolute atomic E-state index is 14.8. The minimum Gasteiger partial charge on any atom is -0.443 e. The number of carbonyl (C=O) groups is 2. The highest BCUT2D eigenvalue weighted by atomic mass is 35.5. The molecule has 1 heterocycles. The van der Waals surface area contributed by atoms with Crippen molar-refractivity contribution >= 4 is 37.4 Å². The van der Waals surface area contributed by atoms with Crippen LogP contribution in [0.5, 0.6) is 0 Å². The van der Waals surface area contributed by atoms with Crippen molar-refractivity contribution in [2.24, 2.45) is 0 Å². The topological polar surface area (TPSA) is 94.5 Å². The van der Waals surface area contributed by atoms with Gasteiger partial charge in [-0.25, -0.2) is 18.3 Å². The molecule has 2 aromatic carbocycles. The summed E-state index contributed by atoms with van der Waals surface area (Å²) < 4.78 is 41.0. The van der Waals surface area contributed by atoms with Gasteiger partial charge in [-0.1, -0.05) is 31.2 Å². The number of aromatic nitrogens is 2. The lowest BCUT2D eigenvalue weighted by Crippen LogP contribution is -2.28. The van der Waals surface area contributed by atoms with Gasteiger partial charge in [-0.2, -0.15) is 5.10 Å². The summed E-state index contributed by atoms with van der Waals surface area (Å²) in [4.78, 5) is 25.5. The number of hydrogen-bond donors (Lipinski definition) is 2. The summed E-state index contributed by atoms with van der Waals surface area (Å²) in [6.45, 7) is 7.69. The van der Waals surface area contributed by atoms with Crippen molar-refractivity contribution in [3.63, 3.8) is 0 Å². The summed E-state index contributed by atoms with van der Waals surface area (Å²) in [6.07, 6.45) is 1.67. The molecule has 1 aliphatic rings. The first-order valence-electron chi connectivity index (χ1n) is 12.6. The van der Waals surface area contributed by atoms with E-state index in [0.29, 0.717) is 36.4 Å². The van der Waals surface area contributed by atoms with Crippen LogP contribution in [0.15, 0.2) is 42.6 Å². The number of benzene rings is 2. The Kier molecular flexibility index (Phi) is 9.03. The van der Waals surface area contributed by atoms with Gasteiger partial charge in [0, 0.05) is 37.7 Å². The van der Waals surface area contributed by atoms with Crippen molar-refractivity contribution in [1.29, 1.82) is 0 Å². The average molecular weight is 577 g/mol. The number of fused-ring (bicyclic) bond motifs is 1. The van der Waals surface area contributed by atoms with Crippen LogP contribution in [0.25, 0.3) is 0 Å². The third-order valence-electron chi connectivity index (χ3n) is 6.42. The third-order valence-corrected chi connectivity index (χ3v) is 8.41. The molecule has 2 amide bonds. The van der Waals surface area contributed by atoms with E-state index in [1.807, 2.05) is 0 Å². The van der Waals surface area contributed by atoms with Crippen molar-refractivity contribution < 1.29 is 27.8 Å². The van der Waals surface area contributed by atoms with Gasteiger partial charge in [-0.05, 0) is 60.8 Å². The summed E-state index contributed by atoms with van der Waals surface area (Å²) in [5, 5.41) is 9.45. The van der Waals surface area contributed by atoms with Crippen molar-refractivity contribution in [2.45, 2.75) is 57.9 Å². The molecule has 0 radical (unpaired) electrons. The molecule has 0 fully saturated rings. The van der Waals surface area contributed by atoms with Crippen LogP contribution >= 0.6 is 11.6 Å². The van der Waals surface area contributed by atoms with Crippen molar-refractivity contribution in [3.05, 3.63) is 81.6 Å². The van der Waals surface area contributed by atoms with Gasteiger partial charge in [0.15, 0.2) is 0 Å². The Balaban J connectivity index is 1.35. The Morgan fingerprint density at radius 2 is 1.92 bits per heavy atom. The van der Waals surface area contributed by atoms with Gasteiger partial charge in [0.25, 0.3) is 5.91 Å². The minimum absolute atomic E-state index is 0.0338. The lowest BCUT2D eigenvalue weighted by molar-refractivity contribution is 0.0706. The van der Waals surface area contributed by atoms with Crippen molar-refractivity contribution in [2.75, 3.05) is 11.9 Å². The normalized spacial score (nSPS) is 14.7. The minimum atomic E-state index is -1.20. The van der Waals surface area contributed by atoms with Gasteiger partial charge in [-0.15, -0.1) is 0 Å². The number of hydrogen-bond acceptors (Lipinski definition) is 5. The van der Waals surface area contributed by atoms with Crippen LogP contribution in [-0.4, -0.2) is 36.5 Å². The van der Waals surface area contributed by atoms with E-state index in [4.69, 9.17) is 21.1 Å². The zero-order valence-electron chi connectivity index (χ0n) is 22.0. The average Bonchev–Trinajstić information content (AvgIpc) is 3.50. The van der Waals surface area contributed by atoms with Crippen LogP contribution in [-0.2, 0) is 29.2 Å². The van der Waals surface area contributed by atoms with Crippen LogP contribution in [0.1, 0.15) is 39.6 Å². The number of nitrogens with zero attached hydrogens (tertiary/aromatic N) is 2. The fraction of sp³-hybridized carbons (Fsp3) is 0.370. The second-order valence-corrected chi connectivity index (χ2v) is 16.6. The molecule has 0 aliphatic heterocycles. The first kappa shape index (κ1) is 28.7. The Labute approximate surface area is 231 Å². The Morgan fingerprint density at radius 3 is 2.67 bits per heavy atom.